The number of hydrogen-bond donors (Lipinski definition) is 2. The highest BCUT2D eigenvalue weighted by molar-refractivity contribution is 6.33. The molecule has 6 rings (SSSR count). The Balaban J connectivity index is 1.15. The van der Waals surface area contributed by atoms with Crippen molar-refractivity contribution in [3.63, 3.8) is 0 Å². The Labute approximate surface area is 226 Å². The lowest BCUT2D eigenvalue weighted by atomic mass is 9.93. The predicted molar refractivity (Wildman–Crippen MR) is 145 cm³/mol. The number of nitrogens with zero attached hydrogens (tertiary/aromatic N) is 4. The summed E-state index contributed by atoms with van der Waals surface area (Å²) in [5.74, 6) is 0.288. The highest BCUT2D eigenvalue weighted by Crippen LogP contribution is 2.32. The van der Waals surface area contributed by atoms with E-state index in [1.165, 1.54) is 11.1 Å². The number of rotatable bonds is 5. The maximum Gasteiger partial charge on any atom is 0.254 e. The van der Waals surface area contributed by atoms with Crippen LogP contribution in [0, 0.1) is 0 Å². The topological polar surface area (TPSA) is 98.7 Å². The van der Waals surface area contributed by atoms with Crippen LogP contribution in [0.1, 0.15) is 52.7 Å². The molecule has 0 radical (unpaired) electrons. The summed E-state index contributed by atoms with van der Waals surface area (Å²) in [6, 6.07) is 14.0. The summed E-state index contributed by atoms with van der Waals surface area (Å²) >= 11 is 6.47. The molecule has 2 N–H and O–H groups in total. The van der Waals surface area contributed by atoms with E-state index in [1.807, 2.05) is 35.2 Å². The van der Waals surface area contributed by atoms with Crippen molar-refractivity contribution in [3.05, 3.63) is 75.9 Å². The van der Waals surface area contributed by atoms with E-state index in [2.05, 4.69) is 27.4 Å². The Hall–Kier alpha value is -3.49. The number of carbonyl (C=O) groups is 2. The number of aliphatic hydroxyl groups is 1. The number of aliphatic hydroxyl groups excluding tert-OH is 1. The molecule has 9 heteroatoms. The first-order chi connectivity index (χ1) is 18.4. The number of aromatic nitrogens is 2. The van der Waals surface area contributed by atoms with Crippen LogP contribution >= 0.6 is 11.6 Å². The van der Waals surface area contributed by atoms with Gasteiger partial charge in [-0.15, -0.1) is 0 Å². The van der Waals surface area contributed by atoms with Crippen molar-refractivity contribution in [2.24, 2.45) is 0 Å². The number of anilines is 1. The number of fused-ring (bicyclic) bond motifs is 2. The van der Waals surface area contributed by atoms with E-state index in [4.69, 9.17) is 11.6 Å². The minimum Gasteiger partial charge on any atom is -0.393 e. The second kappa shape index (κ2) is 10.3. The maximum atomic E-state index is 13.3. The number of amides is 2. The lowest BCUT2D eigenvalue weighted by Gasteiger charge is -2.30. The molecule has 1 aliphatic carbocycles. The number of benzene rings is 2. The molecule has 0 unspecified atom stereocenters. The Bertz CT molecular complexity index is 1390. The van der Waals surface area contributed by atoms with Crippen molar-refractivity contribution in [2.75, 3.05) is 18.4 Å². The molecule has 0 bridgehead atoms. The van der Waals surface area contributed by atoms with Crippen molar-refractivity contribution in [3.8, 4) is 11.3 Å². The average Bonchev–Trinajstić information content (AvgIpc) is 3.24. The highest BCUT2D eigenvalue weighted by atomic mass is 35.5. The molecular formula is C29H30ClN5O3. The van der Waals surface area contributed by atoms with E-state index < -0.39 is 0 Å². The van der Waals surface area contributed by atoms with Crippen LogP contribution in [0.25, 0.3) is 11.3 Å². The predicted octanol–water partition coefficient (Wildman–Crippen LogP) is 4.05. The molecule has 2 aromatic carbocycles. The fourth-order valence-electron chi connectivity index (χ4n) is 5.65. The van der Waals surface area contributed by atoms with Crippen molar-refractivity contribution in [2.45, 2.75) is 57.3 Å². The molecule has 0 atom stereocenters. The van der Waals surface area contributed by atoms with Crippen LogP contribution < -0.4 is 5.32 Å². The van der Waals surface area contributed by atoms with Crippen LogP contribution in [0.3, 0.4) is 0 Å². The lowest BCUT2D eigenvalue weighted by Crippen LogP contribution is -2.42. The quantitative estimate of drug-likeness (QED) is 0.515. The van der Waals surface area contributed by atoms with Crippen molar-refractivity contribution in [1.82, 2.24) is 19.8 Å². The van der Waals surface area contributed by atoms with Gasteiger partial charge in [0.1, 0.15) is 6.54 Å². The third kappa shape index (κ3) is 4.98. The zero-order valence-corrected chi connectivity index (χ0v) is 21.8. The SMILES string of the molecule is O=C(CN1Cc2ccc(-c3nc(NC4CCC(O)CC4)ncc3Cl)cc2C1=O)N1CCc2ccccc2C1. The molecule has 3 heterocycles. The van der Waals surface area contributed by atoms with Gasteiger partial charge in [-0.1, -0.05) is 48.0 Å². The molecule has 2 amide bonds. The first kappa shape index (κ1) is 24.8. The molecule has 1 saturated carbocycles. The van der Waals surface area contributed by atoms with E-state index >= 15 is 0 Å². The zero-order valence-electron chi connectivity index (χ0n) is 21.1. The summed E-state index contributed by atoms with van der Waals surface area (Å²) in [5.41, 5.74) is 5.20. The molecule has 1 aromatic heterocycles. The minimum atomic E-state index is -0.231. The number of hydrogen-bond acceptors (Lipinski definition) is 6. The van der Waals surface area contributed by atoms with E-state index in [9.17, 15) is 14.7 Å². The van der Waals surface area contributed by atoms with E-state index in [0.717, 1.165) is 43.2 Å². The molecule has 1 fully saturated rings. The molecule has 0 spiro atoms. The second-order valence-corrected chi connectivity index (χ2v) is 10.8. The van der Waals surface area contributed by atoms with Gasteiger partial charge in [-0.2, -0.15) is 0 Å². The average molecular weight is 532 g/mol. The lowest BCUT2D eigenvalue weighted by molar-refractivity contribution is -0.132. The van der Waals surface area contributed by atoms with Gasteiger partial charge < -0.3 is 20.2 Å². The van der Waals surface area contributed by atoms with Crippen LogP contribution in [-0.2, 0) is 24.3 Å². The van der Waals surface area contributed by atoms with E-state index in [-0.39, 0.29) is 30.5 Å². The van der Waals surface area contributed by atoms with Crippen LogP contribution in [0.15, 0.2) is 48.7 Å². The molecular weight excluding hydrogens is 502 g/mol. The summed E-state index contributed by atoms with van der Waals surface area (Å²) in [5, 5.41) is 13.5. The van der Waals surface area contributed by atoms with Gasteiger partial charge >= 0.3 is 0 Å². The van der Waals surface area contributed by atoms with Gasteiger partial charge in [-0.25, -0.2) is 9.97 Å². The maximum absolute atomic E-state index is 13.3. The van der Waals surface area contributed by atoms with Gasteiger partial charge in [0.05, 0.1) is 23.0 Å². The Morgan fingerprint density at radius 2 is 1.84 bits per heavy atom. The Kier molecular flexibility index (Phi) is 6.76. The monoisotopic (exact) mass is 531 g/mol. The summed E-state index contributed by atoms with van der Waals surface area (Å²) in [4.78, 5) is 38.8. The molecule has 3 aliphatic rings. The molecule has 2 aliphatic heterocycles. The highest BCUT2D eigenvalue weighted by Gasteiger charge is 2.31. The number of halogens is 1. The second-order valence-electron chi connectivity index (χ2n) is 10.4. The largest absolute Gasteiger partial charge is 0.393 e. The Morgan fingerprint density at radius 1 is 1.05 bits per heavy atom. The van der Waals surface area contributed by atoms with Gasteiger partial charge in [0.15, 0.2) is 0 Å². The molecule has 8 nitrogen and oxygen atoms in total. The number of nitrogens with one attached hydrogen (secondary N) is 1. The molecule has 3 aromatic rings. The Morgan fingerprint density at radius 3 is 2.66 bits per heavy atom. The fraction of sp³-hybridized carbons (Fsp3) is 0.379. The fourth-order valence-corrected chi connectivity index (χ4v) is 5.85. The minimum absolute atomic E-state index is 0.0364. The smallest absolute Gasteiger partial charge is 0.254 e. The van der Waals surface area contributed by atoms with Gasteiger partial charge in [0.25, 0.3) is 5.91 Å². The zero-order chi connectivity index (χ0) is 26.2. The van der Waals surface area contributed by atoms with E-state index in [0.29, 0.717) is 41.9 Å². The third-order valence-corrected chi connectivity index (χ3v) is 8.12. The standard InChI is InChI=1S/C29H30ClN5O3/c30-25-14-31-29(32-22-7-9-23(36)10-8-22)33-27(25)19-5-6-21-16-35(28(38)24(21)13-19)17-26(37)34-12-11-18-3-1-2-4-20(18)15-34/h1-6,13-14,22-23,36H,7-12,15-17H2,(H,31,32,33). The van der Waals surface area contributed by atoms with Crippen molar-refractivity contribution in [1.29, 1.82) is 0 Å². The summed E-state index contributed by atoms with van der Waals surface area (Å²) < 4.78 is 0. The summed E-state index contributed by atoms with van der Waals surface area (Å²) in [6.07, 6.45) is 5.40. The summed E-state index contributed by atoms with van der Waals surface area (Å²) in [7, 11) is 0. The van der Waals surface area contributed by atoms with Crippen LogP contribution in [0.4, 0.5) is 5.95 Å². The van der Waals surface area contributed by atoms with E-state index in [1.54, 1.807) is 11.1 Å². The summed E-state index contributed by atoms with van der Waals surface area (Å²) in [6.45, 7) is 1.71. The van der Waals surface area contributed by atoms with Gasteiger partial charge in [-0.3, -0.25) is 9.59 Å². The van der Waals surface area contributed by atoms with Crippen LogP contribution in [0.5, 0.6) is 0 Å². The van der Waals surface area contributed by atoms with Gasteiger partial charge in [0, 0.05) is 36.8 Å². The van der Waals surface area contributed by atoms with Gasteiger partial charge in [0.2, 0.25) is 11.9 Å². The first-order valence-corrected chi connectivity index (χ1v) is 13.6. The number of carbonyl (C=O) groups excluding carboxylic acids is 2. The third-order valence-electron chi connectivity index (χ3n) is 7.85. The normalized spacial score (nSPS) is 20.7. The van der Waals surface area contributed by atoms with Crippen LogP contribution in [-0.4, -0.2) is 61.9 Å². The van der Waals surface area contributed by atoms with Crippen molar-refractivity contribution >= 4 is 29.4 Å². The van der Waals surface area contributed by atoms with Gasteiger partial charge in [-0.05, 0) is 54.9 Å². The van der Waals surface area contributed by atoms with Crippen molar-refractivity contribution < 1.29 is 14.7 Å². The van der Waals surface area contributed by atoms with Crippen LogP contribution in [0.2, 0.25) is 5.02 Å². The molecule has 196 valence electrons. The molecule has 38 heavy (non-hydrogen) atoms. The molecule has 0 saturated heterocycles. The first-order valence-electron chi connectivity index (χ1n) is 13.2.